The lowest BCUT2D eigenvalue weighted by atomic mass is 10.1. The van der Waals surface area contributed by atoms with Crippen LogP contribution in [0.25, 0.3) is 21.8 Å². The molecule has 2 heteroatoms. The summed E-state index contributed by atoms with van der Waals surface area (Å²) in [7, 11) is 1.71. The zero-order valence-electron chi connectivity index (χ0n) is 10.3. The SMILES string of the molecule is COc1cc2[nH]c3c(C)cccc3c2cc1C. The van der Waals surface area contributed by atoms with Gasteiger partial charge >= 0.3 is 0 Å². The molecule has 0 atom stereocenters. The van der Waals surface area contributed by atoms with Crippen LogP contribution in [0.5, 0.6) is 5.75 Å². The van der Waals surface area contributed by atoms with Crippen molar-refractivity contribution in [1.82, 2.24) is 4.98 Å². The van der Waals surface area contributed by atoms with Crippen LogP contribution < -0.4 is 4.74 Å². The first kappa shape index (κ1) is 10.2. The summed E-state index contributed by atoms with van der Waals surface area (Å²) in [6.45, 7) is 4.20. The summed E-state index contributed by atoms with van der Waals surface area (Å²) >= 11 is 0. The van der Waals surface area contributed by atoms with Gasteiger partial charge in [0, 0.05) is 22.4 Å². The van der Waals surface area contributed by atoms with Crippen LogP contribution >= 0.6 is 0 Å². The second kappa shape index (κ2) is 3.52. The fourth-order valence-corrected chi connectivity index (χ4v) is 2.43. The number of fused-ring (bicyclic) bond motifs is 3. The molecule has 0 amide bonds. The molecule has 0 fully saturated rings. The highest BCUT2D eigenvalue weighted by atomic mass is 16.5. The molecule has 0 saturated heterocycles. The van der Waals surface area contributed by atoms with Gasteiger partial charge in [-0.15, -0.1) is 0 Å². The van der Waals surface area contributed by atoms with Crippen LogP contribution in [0, 0.1) is 13.8 Å². The Morgan fingerprint density at radius 1 is 1.00 bits per heavy atom. The molecular weight excluding hydrogens is 210 g/mol. The number of aromatic nitrogens is 1. The molecule has 0 aliphatic rings. The number of rotatable bonds is 1. The maximum atomic E-state index is 5.36. The van der Waals surface area contributed by atoms with E-state index in [1.54, 1.807) is 7.11 Å². The molecule has 3 aromatic rings. The molecule has 2 nitrogen and oxygen atoms in total. The summed E-state index contributed by atoms with van der Waals surface area (Å²) in [6.07, 6.45) is 0. The molecule has 0 unspecified atom stereocenters. The van der Waals surface area contributed by atoms with Gasteiger partial charge in [-0.2, -0.15) is 0 Å². The topological polar surface area (TPSA) is 25.0 Å². The second-order valence-electron chi connectivity index (χ2n) is 4.49. The summed E-state index contributed by atoms with van der Waals surface area (Å²) in [5.74, 6) is 0.932. The Labute approximate surface area is 100 Å². The third-order valence-corrected chi connectivity index (χ3v) is 3.36. The second-order valence-corrected chi connectivity index (χ2v) is 4.49. The van der Waals surface area contributed by atoms with Gasteiger partial charge in [-0.3, -0.25) is 0 Å². The van der Waals surface area contributed by atoms with Crippen LogP contribution in [-0.2, 0) is 0 Å². The van der Waals surface area contributed by atoms with Crippen molar-refractivity contribution in [3.63, 3.8) is 0 Å². The van der Waals surface area contributed by atoms with Crippen molar-refractivity contribution in [2.24, 2.45) is 0 Å². The third-order valence-electron chi connectivity index (χ3n) is 3.36. The average Bonchev–Trinajstić information content (AvgIpc) is 2.68. The molecule has 1 aromatic heterocycles. The van der Waals surface area contributed by atoms with Crippen LogP contribution in [-0.4, -0.2) is 12.1 Å². The highest BCUT2D eigenvalue weighted by molar-refractivity contribution is 6.08. The number of benzene rings is 2. The van der Waals surface area contributed by atoms with Gasteiger partial charge in [0.1, 0.15) is 5.75 Å². The Balaban J connectivity index is 2.48. The number of ether oxygens (including phenoxy) is 1. The largest absolute Gasteiger partial charge is 0.496 e. The lowest BCUT2D eigenvalue weighted by Gasteiger charge is -2.03. The van der Waals surface area contributed by atoms with E-state index in [4.69, 9.17) is 4.74 Å². The van der Waals surface area contributed by atoms with Crippen molar-refractivity contribution in [3.05, 3.63) is 41.5 Å². The molecule has 0 saturated carbocycles. The number of aromatic amines is 1. The van der Waals surface area contributed by atoms with E-state index in [0.29, 0.717) is 0 Å². The van der Waals surface area contributed by atoms with E-state index >= 15 is 0 Å². The van der Waals surface area contributed by atoms with Crippen molar-refractivity contribution in [2.45, 2.75) is 13.8 Å². The minimum atomic E-state index is 0.932. The average molecular weight is 225 g/mol. The normalized spacial score (nSPS) is 11.2. The molecular formula is C15H15NO. The van der Waals surface area contributed by atoms with E-state index in [0.717, 1.165) is 11.3 Å². The monoisotopic (exact) mass is 225 g/mol. The van der Waals surface area contributed by atoms with Crippen LogP contribution in [0.2, 0.25) is 0 Å². The molecule has 0 aliphatic carbocycles. The molecule has 86 valence electrons. The molecule has 0 bridgehead atoms. The van der Waals surface area contributed by atoms with Gasteiger partial charge in [-0.25, -0.2) is 0 Å². The maximum Gasteiger partial charge on any atom is 0.123 e. The number of para-hydroxylation sites is 1. The smallest absolute Gasteiger partial charge is 0.123 e. The Bertz CT molecular complexity index is 710. The van der Waals surface area contributed by atoms with Gasteiger partial charge in [0.2, 0.25) is 0 Å². The van der Waals surface area contributed by atoms with E-state index in [1.807, 2.05) is 0 Å². The number of nitrogens with one attached hydrogen (secondary N) is 1. The van der Waals surface area contributed by atoms with Gasteiger partial charge in [-0.05, 0) is 31.0 Å². The summed E-state index contributed by atoms with van der Waals surface area (Å²) in [6, 6.07) is 10.6. The lowest BCUT2D eigenvalue weighted by molar-refractivity contribution is 0.412. The Hall–Kier alpha value is -1.96. The maximum absolute atomic E-state index is 5.36. The number of hydrogen-bond donors (Lipinski definition) is 1. The van der Waals surface area contributed by atoms with Gasteiger partial charge in [-0.1, -0.05) is 18.2 Å². The van der Waals surface area contributed by atoms with E-state index in [1.165, 1.54) is 27.4 Å². The zero-order chi connectivity index (χ0) is 12.0. The summed E-state index contributed by atoms with van der Waals surface area (Å²) in [5.41, 5.74) is 4.80. The lowest BCUT2D eigenvalue weighted by Crippen LogP contribution is -1.86. The van der Waals surface area contributed by atoms with Crippen molar-refractivity contribution in [1.29, 1.82) is 0 Å². The summed E-state index contributed by atoms with van der Waals surface area (Å²) < 4.78 is 5.36. The summed E-state index contributed by atoms with van der Waals surface area (Å²) in [5, 5.41) is 2.55. The fourth-order valence-electron chi connectivity index (χ4n) is 2.43. The van der Waals surface area contributed by atoms with Crippen molar-refractivity contribution < 1.29 is 4.74 Å². The predicted molar refractivity (Wildman–Crippen MR) is 71.8 cm³/mol. The quantitative estimate of drug-likeness (QED) is 0.666. The molecule has 0 radical (unpaired) electrons. The van der Waals surface area contributed by atoms with Gasteiger partial charge in [0.05, 0.1) is 12.6 Å². The molecule has 1 N–H and O–H groups in total. The van der Waals surface area contributed by atoms with Crippen LogP contribution in [0.1, 0.15) is 11.1 Å². The first-order valence-corrected chi connectivity index (χ1v) is 5.76. The Morgan fingerprint density at radius 3 is 2.59 bits per heavy atom. The number of hydrogen-bond acceptors (Lipinski definition) is 1. The third kappa shape index (κ3) is 1.41. The molecule has 17 heavy (non-hydrogen) atoms. The fraction of sp³-hybridized carbons (Fsp3) is 0.200. The van der Waals surface area contributed by atoms with Crippen LogP contribution in [0.4, 0.5) is 0 Å². The number of aryl methyl sites for hydroxylation is 2. The Kier molecular flexibility index (Phi) is 2.11. The highest BCUT2D eigenvalue weighted by Gasteiger charge is 2.08. The Morgan fingerprint density at radius 2 is 1.82 bits per heavy atom. The predicted octanol–water partition coefficient (Wildman–Crippen LogP) is 3.95. The van der Waals surface area contributed by atoms with Gasteiger partial charge in [0.25, 0.3) is 0 Å². The summed E-state index contributed by atoms with van der Waals surface area (Å²) in [4.78, 5) is 3.47. The molecule has 0 spiro atoms. The standard InChI is InChI=1S/C15H15NO/c1-9-5-4-6-11-12-7-10(2)14(17-3)8-13(12)16-15(9)11/h4-8,16H,1-3H3. The molecule has 2 aromatic carbocycles. The van der Waals surface area contributed by atoms with Gasteiger partial charge in [0.15, 0.2) is 0 Å². The first-order valence-electron chi connectivity index (χ1n) is 5.76. The van der Waals surface area contributed by atoms with Crippen molar-refractivity contribution >= 4 is 21.8 Å². The van der Waals surface area contributed by atoms with Crippen LogP contribution in [0.3, 0.4) is 0 Å². The first-order chi connectivity index (χ1) is 8.20. The minimum Gasteiger partial charge on any atom is -0.496 e. The van der Waals surface area contributed by atoms with E-state index < -0.39 is 0 Å². The van der Waals surface area contributed by atoms with Crippen LogP contribution in [0.15, 0.2) is 30.3 Å². The van der Waals surface area contributed by atoms with E-state index in [9.17, 15) is 0 Å². The van der Waals surface area contributed by atoms with Crippen molar-refractivity contribution in [3.8, 4) is 5.75 Å². The van der Waals surface area contributed by atoms with Crippen molar-refractivity contribution in [2.75, 3.05) is 7.11 Å². The molecule has 0 aliphatic heterocycles. The highest BCUT2D eigenvalue weighted by Crippen LogP contribution is 2.31. The zero-order valence-corrected chi connectivity index (χ0v) is 10.3. The van der Waals surface area contributed by atoms with E-state index in [2.05, 4.69) is 49.2 Å². The van der Waals surface area contributed by atoms with E-state index in [-0.39, 0.29) is 0 Å². The number of methoxy groups -OCH3 is 1. The molecule has 3 rings (SSSR count). The molecule has 1 heterocycles. The minimum absolute atomic E-state index is 0.932. The number of H-pyrrole nitrogens is 1. The van der Waals surface area contributed by atoms with Gasteiger partial charge < -0.3 is 9.72 Å².